The number of methoxy groups -OCH3 is 2. The van der Waals surface area contributed by atoms with Crippen LogP contribution < -0.4 is 11.2 Å². The fraction of sp³-hybridized carbons (Fsp3) is 0.357. The second-order valence-electron chi connectivity index (χ2n) is 4.53. The summed E-state index contributed by atoms with van der Waals surface area (Å²) < 4.78 is 25.1. The van der Waals surface area contributed by atoms with Crippen molar-refractivity contribution in [2.45, 2.75) is 19.3 Å². The Morgan fingerprint density at radius 3 is 2.68 bits per heavy atom. The highest BCUT2D eigenvalue weighted by atomic mass is 19.1. The molecule has 7 nitrogen and oxygen atoms in total. The molecule has 0 unspecified atom stereocenters. The van der Waals surface area contributed by atoms with Crippen LogP contribution in [-0.4, -0.2) is 35.0 Å². The van der Waals surface area contributed by atoms with Gasteiger partial charge in [0.1, 0.15) is 0 Å². The van der Waals surface area contributed by atoms with E-state index in [4.69, 9.17) is 9.47 Å². The van der Waals surface area contributed by atoms with Crippen molar-refractivity contribution in [3.05, 3.63) is 51.3 Å². The summed E-state index contributed by atoms with van der Waals surface area (Å²) in [6.45, 7) is 0.247. The maximum Gasteiger partial charge on any atom is 0.328 e. The molecule has 0 aromatic carbocycles. The minimum Gasteiger partial charge on any atom is -0.356 e. The van der Waals surface area contributed by atoms with E-state index < -0.39 is 23.5 Å². The van der Waals surface area contributed by atoms with E-state index in [1.165, 1.54) is 43.3 Å². The fourth-order valence-electron chi connectivity index (χ4n) is 2.03. The first kappa shape index (κ1) is 16.1. The zero-order chi connectivity index (χ0) is 16.1. The highest BCUT2D eigenvalue weighted by Crippen LogP contribution is 2.16. The molecule has 2 rings (SSSR count). The number of aromatic nitrogens is 3. The normalized spacial score (nSPS) is 11.1. The van der Waals surface area contributed by atoms with Gasteiger partial charge in [0.05, 0.1) is 5.56 Å². The largest absolute Gasteiger partial charge is 0.356 e. The molecular formula is C14H16FN3O4. The Kier molecular flexibility index (Phi) is 5.18. The number of aromatic amines is 1. The number of pyridine rings is 1. The molecule has 118 valence electrons. The quantitative estimate of drug-likeness (QED) is 0.628. The van der Waals surface area contributed by atoms with Crippen LogP contribution in [0.15, 0.2) is 34.1 Å². The molecule has 0 fully saturated rings. The zero-order valence-corrected chi connectivity index (χ0v) is 12.2. The number of H-pyrrole nitrogens is 1. The van der Waals surface area contributed by atoms with Crippen molar-refractivity contribution in [3.8, 4) is 11.1 Å². The predicted molar refractivity (Wildman–Crippen MR) is 76.9 cm³/mol. The molecule has 0 amide bonds. The number of nitrogens with one attached hydrogen (secondary N) is 1. The molecule has 2 heterocycles. The summed E-state index contributed by atoms with van der Waals surface area (Å²) >= 11 is 0. The minimum absolute atomic E-state index is 0.0348. The third kappa shape index (κ3) is 3.46. The molecule has 0 spiro atoms. The van der Waals surface area contributed by atoms with Gasteiger partial charge in [0, 0.05) is 45.1 Å². The molecule has 2 aromatic heterocycles. The predicted octanol–water partition coefficient (Wildman–Crippen LogP) is 0.747. The van der Waals surface area contributed by atoms with Gasteiger partial charge in [-0.2, -0.15) is 4.39 Å². The molecule has 22 heavy (non-hydrogen) atoms. The Hall–Kier alpha value is -2.32. The van der Waals surface area contributed by atoms with Crippen molar-refractivity contribution in [3.63, 3.8) is 0 Å². The van der Waals surface area contributed by atoms with Gasteiger partial charge >= 0.3 is 5.69 Å². The average molecular weight is 309 g/mol. The highest BCUT2D eigenvalue weighted by Gasteiger charge is 2.13. The van der Waals surface area contributed by atoms with Gasteiger partial charge in [-0.15, -0.1) is 0 Å². The molecule has 1 N–H and O–H groups in total. The van der Waals surface area contributed by atoms with Crippen molar-refractivity contribution >= 4 is 0 Å². The molecule has 0 atom stereocenters. The van der Waals surface area contributed by atoms with Gasteiger partial charge in [-0.1, -0.05) is 0 Å². The molecule has 0 aliphatic rings. The van der Waals surface area contributed by atoms with Crippen LogP contribution in [-0.2, 0) is 16.0 Å². The van der Waals surface area contributed by atoms with Crippen LogP contribution in [0.25, 0.3) is 11.1 Å². The van der Waals surface area contributed by atoms with Crippen molar-refractivity contribution in [2.75, 3.05) is 14.2 Å². The first-order chi connectivity index (χ1) is 10.6. The number of halogens is 1. The van der Waals surface area contributed by atoms with Crippen LogP contribution in [0.1, 0.15) is 6.42 Å². The molecule has 0 saturated heterocycles. The van der Waals surface area contributed by atoms with Gasteiger partial charge in [0.2, 0.25) is 5.95 Å². The first-order valence-corrected chi connectivity index (χ1v) is 6.57. The van der Waals surface area contributed by atoms with E-state index in [9.17, 15) is 14.0 Å². The van der Waals surface area contributed by atoms with E-state index in [0.29, 0.717) is 6.42 Å². The van der Waals surface area contributed by atoms with Crippen LogP contribution in [0, 0.1) is 5.95 Å². The van der Waals surface area contributed by atoms with E-state index in [1.807, 2.05) is 0 Å². The summed E-state index contributed by atoms with van der Waals surface area (Å²) in [5, 5.41) is 0. The molecule has 0 bridgehead atoms. The summed E-state index contributed by atoms with van der Waals surface area (Å²) in [6.07, 6.45) is 2.51. The van der Waals surface area contributed by atoms with Crippen molar-refractivity contribution in [2.24, 2.45) is 0 Å². The Morgan fingerprint density at radius 2 is 2.05 bits per heavy atom. The number of nitrogens with zero attached hydrogens (tertiary/aromatic N) is 2. The lowest BCUT2D eigenvalue weighted by atomic mass is 10.1. The summed E-state index contributed by atoms with van der Waals surface area (Å²) in [7, 11) is 2.97. The van der Waals surface area contributed by atoms with Crippen molar-refractivity contribution in [1.29, 1.82) is 0 Å². The zero-order valence-electron chi connectivity index (χ0n) is 12.2. The van der Waals surface area contributed by atoms with Crippen LogP contribution in [0.4, 0.5) is 4.39 Å². The van der Waals surface area contributed by atoms with Gasteiger partial charge in [-0.25, -0.2) is 9.78 Å². The fourth-order valence-corrected chi connectivity index (χ4v) is 2.03. The topological polar surface area (TPSA) is 86.2 Å². The Morgan fingerprint density at radius 1 is 1.32 bits per heavy atom. The third-order valence-corrected chi connectivity index (χ3v) is 3.19. The molecule has 2 aromatic rings. The number of rotatable bonds is 6. The lowest BCUT2D eigenvalue weighted by molar-refractivity contribution is -0.108. The Labute approximate surface area is 125 Å². The maximum atomic E-state index is 13.7. The molecular weight excluding hydrogens is 293 g/mol. The van der Waals surface area contributed by atoms with Gasteiger partial charge in [-0.3, -0.25) is 14.3 Å². The van der Waals surface area contributed by atoms with Crippen LogP contribution >= 0.6 is 0 Å². The van der Waals surface area contributed by atoms with E-state index in [2.05, 4.69) is 9.97 Å². The maximum absolute atomic E-state index is 13.7. The average Bonchev–Trinajstić information content (AvgIpc) is 2.51. The number of ether oxygens (including phenoxy) is 2. The standard InChI is InChI=1S/C14H16FN3O4/c1-21-11(22-2)5-7-18-8-10(13(19)17-14(18)20)9-4-3-6-16-12(9)15/h3-4,6,8,11H,5,7H2,1-2H3,(H,17,19,20). The molecule has 8 heteroatoms. The van der Waals surface area contributed by atoms with Crippen molar-refractivity contribution in [1.82, 2.24) is 14.5 Å². The van der Waals surface area contributed by atoms with Gasteiger partial charge < -0.3 is 9.47 Å². The summed E-state index contributed by atoms with van der Waals surface area (Å²) in [4.78, 5) is 29.4. The SMILES string of the molecule is COC(CCn1cc(-c2cccnc2F)c(=O)[nH]c1=O)OC. The summed E-state index contributed by atoms with van der Waals surface area (Å²) in [5.74, 6) is -0.773. The van der Waals surface area contributed by atoms with Gasteiger partial charge in [0.25, 0.3) is 5.56 Å². The minimum atomic E-state index is -0.773. The van der Waals surface area contributed by atoms with Crippen molar-refractivity contribution < 1.29 is 13.9 Å². The lowest BCUT2D eigenvalue weighted by Gasteiger charge is -2.14. The smallest absolute Gasteiger partial charge is 0.328 e. The second-order valence-corrected chi connectivity index (χ2v) is 4.53. The van der Waals surface area contributed by atoms with E-state index >= 15 is 0 Å². The molecule has 0 aliphatic heterocycles. The van der Waals surface area contributed by atoms with Gasteiger partial charge in [0.15, 0.2) is 6.29 Å². The Balaban J connectivity index is 2.38. The van der Waals surface area contributed by atoms with E-state index in [0.717, 1.165) is 0 Å². The number of hydrogen-bond acceptors (Lipinski definition) is 5. The van der Waals surface area contributed by atoms with E-state index in [1.54, 1.807) is 0 Å². The van der Waals surface area contributed by atoms with Crippen LogP contribution in [0.2, 0.25) is 0 Å². The number of aryl methyl sites for hydroxylation is 1. The van der Waals surface area contributed by atoms with Crippen LogP contribution in [0.3, 0.4) is 0 Å². The Bertz CT molecular complexity index is 752. The van der Waals surface area contributed by atoms with E-state index in [-0.39, 0.29) is 17.7 Å². The summed E-state index contributed by atoms with van der Waals surface area (Å²) in [5.41, 5.74) is -1.17. The molecule has 0 radical (unpaired) electrons. The monoisotopic (exact) mass is 309 g/mol. The second kappa shape index (κ2) is 7.10. The molecule has 0 saturated carbocycles. The first-order valence-electron chi connectivity index (χ1n) is 6.57. The summed E-state index contributed by atoms with van der Waals surface area (Å²) in [6, 6.07) is 2.94. The molecule has 0 aliphatic carbocycles. The lowest BCUT2D eigenvalue weighted by Crippen LogP contribution is -2.32. The highest BCUT2D eigenvalue weighted by molar-refractivity contribution is 5.60. The third-order valence-electron chi connectivity index (χ3n) is 3.19. The van der Waals surface area contributed by atoms with Crippen LogP contribution in [0.5, 0.6) is 0 Å². The van der Waals surface area contributed by atoms with Gasteiger partial charge in [-0.05, 0) is 12.1 Å². The number of hydrogen-bond donors (Lipinski definition) is 1.